The smallest absolute Gasteiger partial charge is 0.127 e. The summed E-state index contributed by atoms with van der Waals surface area (Å²) < 4.78 is 0. The van der Waals surface area contributed by atoms with Gasteiger partial charge in [0.1, 0.15) is 11.5 Å². The maximum absolute atomic E-state index is 10.0. The van der Waals surface area contributed by atoms with Gasteiger partial charge >= 0.3 is 0 Å². The lowest BCUT2D eigenvalue weighted by Gasteiger charge is -2.15. The zero-order valence-corrected chi connectivity index (χ0v) is 12.4. The Morgan fingerprint density at radius 1 is 0.800 bits per heavy atom. The average Bonchev–Trinajstić information content (AvgIpc) is 2.45. The lowest BCUT2D eigenvalue weighted by Crippen LogP contribution is -1.99. The first-order valence-corrected chi connectivity index (χ1v) is 7.27. The van der Waals surface area contributed by atoms with Gasteiger partial charge in [0.15, 0.2) is 0 Å². The van der Waals surface area contributed by atoms with Crippen LogP contribution >= 0.6 is 0 Å². The molecule has 106 valence electrons. The number of phenolic OH excluding ortho intramolecular Hbond substituents is 2. The summed E-state index contributed by atoms with van der Waals surface area (Å²) in [6.45, 7) is 6.51. The molecule has 0 aliphatic heterocycles. The fourth-order valence-corrected chi connectivity index (χ4v) is 2.80. The highest BCUT2D eigenvalue weighted by Gasteiger charge is 2.11. The van der Waals surface area contributed by atoms with Crippen molar-refractivity contribution in [2.24, 2.45) is 0 Å². The molecule has 0 aromatic heterocycles. The number of rotatable bonds is 4. The van der Waals surface area contributed by atoms with Gasteiger partial charge < -0.3 is 10.2 Å². The van der Waals surface area contributed by atoms with E-state index in [2.05, 4.69) is 32.9 Å². The van der Waals surface area contributed by atoms with Gasteiger partial charge in [0.25, 0.3) is 0 Å². The molecule has 0 heterocycles. The molecule has 0 saturated heterocycles. The first kappa shape index (κ1) is 14.4. The molecule has 0 amide bonds. The van der Waals surface area contributed by atoms with Crippen LogP contribution in [0.3, 0.4) is 0 Å². The van der Waals surface area contributed by atoms with Gasteiger partial charge in [-0.2, -0.15) is 0 Å². The zero-order chi connectivity index (χ0) is 14.7. The summed E-state index contributed by atoms with van der Waals surface area (Å²) in [7, 11) is 0. The first-order valence-electron chi connectivity index (χ1n) is 7.27. The minimum absolute atomic E-state index is 0.0860. The van der Waals surface area contributed by atoms with E-state index in [4.69, 9.17) is 0 Å². The van der Waals surface area contributed by atoms with Crippen LogP contribution in [0.25, 0.3) is 11.1 Å². The topological polar surface area (TPSA) is 40.5 Å². The molecule has 20 heavy (non-hydrogen) atoms. The quantitative estimate of drug-likeness (QED) is 0.861. The molecule has 2 heteroatoms. The summed E-state index contributed by atoms with van der Waals surface area (Å²) in [6.07, 6.45) is 3.01. The Morgan fingerprint density at radius 3 is 1.85 bits per heavy atom. The third kappa shape index (κ3) is 2.64. The fraction of sp³-hybridized carbons (Fsp3) is 0.333. The van der Waals surface area contributed by atoms with Crippen LogP contribution in [0, 0.1) is 0 Å². The summed E-state index contributed by atoms with van der Waals surface area (Å²) in [5, 5.41) is 19.4. The van der Waals surface area contributed by atoms with E-state index in [0.29, 0.717) is 0 Å². The molecule has 2 aromatic carbocycles. The summed E-state index contributed by atoms with van der Waals surface area (Å²) in [6, 6.07) is 9.08. The number of hydrogen-bond acceptors (Lipinski definition) is 2. The number of benzene rings is 2. The lowest BCUT2D eigenvalue weighted by atomic mass is 9.90. The Bertz CT molecular complexity index is 590. The van der Waals surface area contributed by atoms with E-state index in [1.165, 1.54) is 22.8 Å². The SMILES string of the molecule is CCc1cc(-c2ccc(O)cc2O)cc(CC)c1CC. The van der Waals surface area contributed by atoms with Crippen molar-refractivity contribution in [3.8, 4) is 22.6 Å². The van der Waals surface area contributed by atoms with Crippen LogP contribution in [0.4, 0.5) is 0 Å². The first-order chi connectivity index (χ1) is 9.60. The van der Waals surface area contributed by atoms with Gasteiger partial charge in [-0.1, -0.05) is 32.9 Å². The van der Waals surface area contributed by atoms with E-state index in [-0.39, 0.29) is 11.5 Å². The zero-order valence-electron chi connectivity index (χ0n) is 12.4. The van der Waals surface area contributed by atoms with Crippen LogP contribution in [-0.2, 0) is 19.3 Å². The van der Waals surface area contributed by atoms with Gasteiger partial charge in [-0.25, -0.2) is 0 Å². The normalized spacial score (nSPS) is 10.8. The molecule has 0 aliphatic rings. The van der Waals surface area contributed by atoms with E-state index < -0.39 is 0 Å². The Labute approximate surface area is 120 Å². The van der Waals surface area contributed by atoms with Crippen molar-refractivity contribution in [2.45, 2.75) is 40.0 Å². The van der Waals surface area contributed by atoms with Crippen LogP contribution in [0.5, 0.6) is 11.5 Å². The van der Waals surface area contributed by atoms with Crippen molar-refractivity contribution in [3.63, 3.8) is 0 Å². The van der Waals surface area contributed by atoms with Gasteiger partial charge in [-0.15, -0.1) is 0 Å². The second kappa shape index (κ2) is 6.00. The van der Waals surface area contributed by atoms with Crippen LogP contribution in [0.2, 0.25) is 0 Å². The van der Waals surface area contributed by atoms with E-state index in [1.54, 1.807) is 12.1 Å². The highest BCUT2D eigenvalue weighted by Crippen LogP contribution is 2.34. The highest BCUT2D eigenvalue weighted by molar-refractivity contribution is 5.73. The number of aromatic hydroxyl groups is 2. The Hall–Kier alpha value is -1.96. The molecule has 0 unspecified atom stereocenters. The monoisotopic (exact) mass is 270 g/mol. The summed E-state index contributed by atoms with van der Waals surface area (Å²) in [5.41, 5.74) is 5.91. The molecule has 2 rings (SSSR count). The molecule has 0 radical (unpaired) electrons. The predicted octanol–water partition coefficient (Wildman–Crippen LogP) is 4.45. The maximum Gasteiger partial charge on any atom is 0.127 e. The number of phenols is 2. The van der Waals surface area contributed by atoms with Gasteiger partial charge in [0, 0.05) is 11.6 Å². The molecule has 0 atom stereocenters. The van der Waals surface area contributed by atoms with Gasteiger partial charge in [0.2, 0.25) is 0 Å². The van der Waals surface area contributed by atoms with Crippen molar-refractivity contribution < 1.29 is 10.2 Å². The fourth-order valence-electron chi connectivity index (χ4n) is 2.80. The lowest BCUT2D eigenvalue weighted by molar-refractivity contribution is 0.452. The summed E-state index contributed by atoms with van der Waals surface area (Å²) in [4.78, 5) is 0. The van der Waals surface area contributed by atoms with Crippen LogP contribution in [0.15, 0.2) is 30.3 Å². The standard InChI is InChI=1S/C18H22O2/c1-4-12-9-14(10-13(5-2)16(12)6-3)17-8-7-15(19)11-18(17)20/h7-11,19-20H,4-6H2,1-3H3. The number of aryl methyl sites for hydroxylation is 2. The molecule has 0 aliphatic carbocycles. The summed E-state index contributed by atoms with van der Waals surface area (Å²) >= 11 is 0. The van der Waals surface area contributed by atoms with E-state index in [1.807, 2.05) is 0 Å². The largest absolute Gasteiger partial charge is 0.508 e. The molecular weight excluding hydrogens is 248 g/mol. The van der Waals surface area contributed by atoms with Crippen molar-refractivity contribution in [3.05, 3.63) is 47.0 Å². The third-order valence-corrected chi connectivity index (χ3v) is 3.84. The van der Waals surface area contributed by atoms with Crippen molar-refractivity contribution in [1.29, 1.82) is 0 Å². The Kier molecular flexibility index (Phi) is 4.33. The predicted molar refractivity (Wildman–Crippen MR) is 83.3 cm³/mol. The van der Waals surface area contributed by atoms with Gasteiger partial charge in [-0.05, 0) is 53.6 Å². The number of hydrogen-bond donors (Lipinski definition) is 2. The van der Waals surface area contributed by atoms with E-state index >= 15 is 0 Å². The van der Waals surface area contributed by atoms with Crippen LogP contribution in [-0.4, -0.2) is 10.2 Å². The second-order valence-corrected chi connectivity index (χ2v) is 5.04. The molecule has 2 nitrogen and oxygen atoms in total. The molecule has 2 N–H and O–H groups in total. The van der Waals surface area contributed by atoms with Gasteiger partial charge in [-0.3, -0.25) is 0 Å². The van der Waals surface area contributed by atoms with Crippen LogP contribution in [0.1, 0.15) is 37.5 Å². The highest BCUT2D eigenvalue weighted by atomic mass is 16.3. The Balaban J connectivity index is 2.62. The minimum atomic E-state index is 0.0860. The third-order valence-electron chi connectivity index (χ3n) is 3.84. The molecule has 0 bridgehead atoms. The molecule has 0 saturated carbocycles. The van der Waals surface area contributed by atoms with Crippen molar-refractivity contribution >= 4 is 0 Å². The Morgan fingerprint density at radius 2 is 1.40 bits per heavy atom. The van der Waals surface area contributed by atoms with E-state index in [0.717, 1.165) is 30.4 Å². The maximum atomic E-state index is 10.0. The summed E-state index contributed by atoms with van der Waals surface area (Å²) in [5.74, 6) is 0.209. The second-order valence-electron chi connectivity index (χ2n) is 5.04. The van der Waals surface area contributed by atoms with Crippen molar-refractivity contribution in [1.82, 2.24) is 0 Å². The van der Waals surface area contributed by atoms with E-state index in [9.17, 15) is 10.2 Å². The molecule has 0 fully saturated rings. The molecular formula is C18H22O2. The van der Waals surface area contributed by atoms with Crippen molar-refractivity contribution in [2.75, 3.05) is 0 Å². The van der Waals surface area contributed by atoms with Crippen LogP contribution < -0.4 is 0 Å². The average molecular weight is 270 g/mol. The molecule has 0 spiro atoms. The minimum Gasteiger partial charge on any atom is -0.508 e. The van der Waals surface area contributed by atoms with Gasteiger partial charge in [0.05, 0.1) is 0 Å². The molecule has 2 aromatic rings.